The zero-order chi connectivity index (χ0) is 19.5. The number of aromatic nitrogens is 3. The number of hydrogen-bond donors (Lipinski definition) is 1. The van der Waals surface area contributed by atoms with E-state index in [1.807, 2.05) is 54.9 Å². The Kier molecular flexibility index (Phi) is 8.61. The minimum atomic E-state index is 0.233. The molecular formula is C21H28N4O2. The average molecular weight is 368 g/mol. The molecule has 0 amide bonds. The molecule has 27 heavy (non-hydrogen) atoms. The van der Waals surface area contributed by atoms with Crippen molar-refractivity contribution in [3.8, 4) is 0 Å². The van der Waals surface area contributed by atoms with E-state index >= 15 is 0 Å². The van der Waals surface area contributed by atoms with Gasteiger partial charge in [-0.05, 0) is 32.0 Å². The molecule has 0 aliphatic rings. The van der Waals surface area contributed by atoms with E-state index in [1.54, 1.807) is 6.08 Å². The van der Waals surface area contributed by atoms with E-state index in [-0.39, 0.29) is 6.04 Å². The molecule has 2 heterocycles. The van der Waals surface area contributed by atoms with Gasteiger partial charge in [0, 0.05) is 37.3 Å². The summed E-state index contributed by atoms with van der Waals surface area (Å²) in [4.78, 5) is 10.8. The second-order valence-electron chi connectivity index (χ2n) is 6.38. The monoisotopic (exact) mass is 368 g/mol. The van der Waals surface area contributed by atoms with Crippen molar-refractivity contribution in [1.82, 2.24) is 19.9 Å². The highest BCUT2D eigenvalue weighted by atomic mass is 16.5. The maximum Gasteiger partial charge on any atom is 0.164 e. The molecule has 144 valence electrons. The highest BCUT2D eigenvalue weighted by molar-refractivity contribution is 5.61. The van der Waals surface area contributed by atoms with Crippen LogP contribution in [0.25, 0.3) is 5.65 Å². The van der Waals surface area contributed by atoms with Gasteiger partial charge >= 0.3 is 0 Å². The van der Waals surface area contributed by atoms with Crippen LogP contribution in [0, 0.1) is 0 Å². The molecule has 0 aliphatic heterocycles. The fraction of sp³-hybridized carbons (Fsp3) is 0.381. The van der Waals surface area contributed by atoms with E-state index in [4.69, 9.17) is 4.74 Å². The summed E-state index contributed by atoms with van der Waals surface area (Å²) in [5.41, 5.74) is 2.81. The van der Waals surface area contributed by atoms with Crippen LogP contribution >= 0.6 is 0 Å². The fourth-order valence-corrected chi connectivity index (χ4v) is 2.78. The van der Waals surface area contributed by atoms with Crippen LogP contribution in [0.5, 0.6) is 0 Å². The lowest BCUT2D eigenvalue weighted by Gasteiger charge is -2.15. The summed E-state index contributed by atoms with van der Waals surface area (Å²) in [5.74, 6) is 0.878. The molecule has 0 saturated carbocycles. The van der Waals surface area contributed by atoms with Crippen molar-refractivity contribution in [2.24, 2.45) is 0 Å². The van der Waals surface area contributed by atoms with Crippen molar-refractivity contribution in [2.75, 3.05) is 20.3 Å². The standard InChI is InChI=1S/C21H28N4O2/c1-4-5-6-8-17(2)16-27-14-11-19(22-3)15-20-23-24-21-18(10-13-26)9-7-12-25(20)21/h4-9,12-13,19,22H,1,10-11,14-16H2,2-3H3/b6-5-,17-8+. The highest BCUT2D eigenvalue weighted by Gasteiger charge is 2.14. The smallest absolute Gasteiger partial charge is 0.164 e. The molecule has 0 aliphatic carbocycles. The van der Waals surface area contributed by atoms with Gasteiger partial charge in [0.05, 0.1) is 6.61 Å². The van der Waals surface area contributed by atoms with E-state index in [0.717, 1.165) is 36.2 Å². The Morgan fingerprint density at radius 1 is 1.41 bits per heavy atom. The van der Waals surface area contributed by atoms with Crippen LogP contribution in [0.3, 0.4) is 0 Å². The van der Waals surface area contributed by atoms with Gasteiger partial charge in [0.2, 0.25) is 0 Å². The first-order valence-corrected chi connectivity index (χ1v) is 9.14. The Bertz CT molecular complexity index is 808. The topological polar surface area (TPSA) is 68.5 Å². The van der Waals surface area contributed by atoms with Crippen molar-refractivity contribution in [2.45, 2.75) is 32.2 Å². The molecule has 6 heteroatoms. The molecule has 0 saturated heterocycles. The number of likely N-dealkylation sites (N-methyl/N-ethyl adjacent to an activating group) is 1. The number of nitrogens with zero attached hydrogens (tertiary/aromatic N) is 3. The number of allylic oxidation sites excluding steroid dienone is 4. The van der Waals surface area contributed by atoms with Gasteiger partial charge in [-0.2, -0.15) is 0 Å². The van der Waals surface area contributed by atoms with E-state index in [1.165, 1.54) is 5.57 Å². The molecular weight excluding hydrogens is 340 g/mol. The number of ether oxygens (including phenoxy) is 1. The predicted octanol–water partition coefficient (Wildman–Crippen LogP) is 2.70. The van der Waals surface area contributed by atoms with E-state index < -0.39 is 0 Å². The Morgan fingerprint density at radius 2 is 2.26 bits per heavy atom. The number of fused-ring (bicyclic) bond motifs is 1. The third kappa shape index (κ3) is 6.27. The van der Waals surface area contributed by atoms with E-state index in [0.29, 0.717) is 19.6 Å². The number of rotatable bonds is 12. The molecule has 1 unspecified atom stereocenters. The number of carbonyl (C=O) groups is 1. The maximum absolute atomic E-state index is 10.8. The minimum absolute atomic E-state index is 0.233. The fourth-order valence-electron chi connectivity index (χ4n) is 2.78. The zero-order valence-corrected chi connectivity index (χ0v) is 16.1. The van der Waals surface area contributed by atoms with Crippen LogP contribution < -0.4 is 5.32 Å². The zero-order valence-electron chi connectivity index (χ0n) is 16.1. The first-order valence-electron chi connectivity index (χ1n) is 9.14. The van der Waals surface area contributed by atoms with Gasteiger partial charge in [-0.25, -0.2) is 0 Å². The minimum Gasteiger partial charge on any atom is -0.377 e. The van der Waals surface area contributed by atoms with Crippen LogP contribution in [-0.4, -0.2) is 47.2 Å². The largest absolute Gasteiger partial charge is 0.377 e. The summed E-state index contributed by atoms with van der Waals surface area (Å²) in [6, 6.07) is 4.06. The van der Waals surface area contributed by atoms with E-state index in [9.17, 15) is 4.79 Å². The van der Waals surface area contributed by atoms with Crippen molar-refractivity contribution in [3.63, 3.8) is 0 Å². The van der Waals surface area contributed by atoms with Gasteiger partial charge in [-0.15, -0.1) is 10.2 Å². The van der Waals surface area contributed by atoms with E-state index in [2.05, 4.69) is 22.1 Å². The highest BCUT2D eigenvalue weighted by Crippen LogP contribution is 2.12. The average Bonchev–Trinajstić information content (AvgIpc) is 3.08. The number of carbonyl (C=O) groups excluding carboxylic acids is 1. The Labute approximate surface area is 160 Å². The third-order valence-electron chi connectivity index (χ3n) is 4.29. The van der Waals surface area contributed by atoms with Gasteiger partial charge < -0.3 is 14.8 Å². The molecule has 2 aromatic rings. The third-order valence-corrected chi connectivity index (χ3v) is 4.29. The van der Waals surface area contributed by atoms with Crippen molar-refractivity contribution >= 4 is 11.9 Å². The van der Waals surface area contributed by atoms with Crippen molar-refractivity contribution in [1.29, 1.82) is 0 Å². The Balaban J connectivity index is 1.90. The van der Waals surface area contributed by atoms with Crippen LogP contribution in [0.4, 0.5) is 0 Å². The predicted molar refractivity (Wildman–Crippen MR) is 108 cm³/mol. The second kappa shape index (κ2) is 11.2. The molecule has 6 nitrogen and oxygen atoms in total. The summed E-state index contributed by atoms with van der Waals surface area (Å²) in [6.45, 7) is 6.96. The SMILES string of the molecule is C=C/C=C\C=C(/C)COCCC(Cc1nnc2c(CC=O)cccn12)NC. The second-order valence-corrected chi connectivity index (χ2v) is 6.38. The number of hydrogen-bond acceptors (Lipinski definition) is 5. The molecule has 1 atom stereocenters. The lowest BCUT2D eigenvalue weighted by Crippen LogP contribution is -2.30. The van der Waals surface area contributed by atoms with Crippen LogP contribution in [-0.2, 0) is 22.4 Å². The van der Waals surface area contributed by atoms with Gasteiger partial charge in [-0.3, -0.25) is 4.40 Å². The Hall–Kier alpha value is -2.57. The van der Waals surface area contributed by atoms with Gasteiger partial charge in [0.15, 0.2) is 5.65 Å². The van der Waals surface area contributed by atoms with Crippen LogP contribution in [0.2, 0.25) is 0 Å². The summed E-state index contributed by atoms with van der Waals surface area (Å²) in [7, 11) is 1.94. The molecule has 2 rings (SSSR count). The van der Waals surface area contributed by atoms with Crippen LogP contribution in [0.1, 0.15) is 24.7 Å². The molecule has 0 radical (unpaired) electrons. The Morgan fingerprint density at radius 3 is 3.00 bits per heavy atom. The summed E-state index contributed by atoms with van der Waals surface area (Å²) >= 11 is 0. The number of aldehydes is 1. The number of pyridine rings is 1. The summed E-state index contributed by atoms with van der Waals surface area (Å²) in [5, 5.41) is 11.9. The van der Waals surface area contributed by atoms with Gasteiger partial charge in [-0.1, -0.05) is 36.9 Å². The van der Waals surface area contributed by atoms with Crippen LogP contribution in [0.15, 0.2) is 54.8 Å². The summed E-state index contributed by atoms with van der Waals surface area (Å²) < 4.78 is 7.73. The lowest BCUT2D eigenvalue weighted by molar-refractivity contribution is -0.107. The normalized spacial score (nSPS) is 13.3. The molecule has 1 N–H and O–H groups in total. The maximum atomic E-state index is 10.8. The van der Waals surface area contributed by atoms with Gasteiger partial charge in [0.25, 0.3) is 0 Å². The molecule has 0 bridgehead atoms. The van der Waals surface area contributed by atoms with Gasteiger partial charge in [0.1, 0.15) is 12.1 Å². The number of nitrogens with one attached hydrogen (secondary N) is 1. The van der Waals surface area contributed by atoms with Crippen molar-refractivity contribution < 1.29 is 9.53 Å². The molecule has 2 aromatic heterocycles. The molecule has 0 fully saturated rings. The molecule has 0 aromatic carbocycles. The van der Waals surface area contributed by atoms with Crippen molar-refractivity contribution in [3.05, 3.63) is 66.2 Å². The quantitative estimate of drug-likeness (QED) is 0.354. The first kappa shape index (κ1) is 20.7. The first-order chi connectivity index (χ1) is 13.2. The summed E-state index contributed by atoms with van der Waals surface area (Å²) in [6.07, 6.45) is 12.4. The lowest BCUT2D eigenvalue weighted by atomic mass is 10.1. The molecule has 0 spiro atoms.